The molecule has 0 aromatic carbocycles. The lowest BCUT2D eigenvalue weighted by atomic mass is 9.85. The first-order valence-corrected chi connectivity index (χ1v) is 6.57. The van der Waals surface area contributed by atoms with Crippen LogP contribution < -0.4 is 10.6 Å². The molecule has 2 aliphatic rings. The minimum Gasteiger partial charge on any atom is -0.352 e. The first-order chi connectivity index (χ1) is 8.47. The molecule has 1 saturated heterocycles. The van der Waals surface area contributed by atoms with Gasteiger partial charge in [0, 0.05) is 6.04 Å². The van der Waals surface area contributed by atoms with Crippen LogP contribution in [-0.2, 0) is 4.79 Å². The molecule has 0 unspecified atom stereocenters. The van der Waals surface area contributed by atoms with E-state index in [0.717, 1.165) is 19.4 Å². The summed E-state index contributed by atoms with van der Waals surface area (Å²) in [6.45, 7) is 0.846. The van der Waals surface area contributed by atoms with Crippen LogP contribution in [0.2, 0.25) is 0 Å². The fraction of sp³-hybridized carbons (Fsp3) is 0.917. The number of carbonyl (C=O) groups is 1. The molecule has 18 heavy (non-hydrogen) atoms. The molecule has 0 aromatic rings. The van der Waals surface area contributed by atoms with Crippen LogP contribution in [0.25, 0.3) is 0 Å². The number of hydrogen-bond acceptors (Lipinski definition) is 2. The summed E-state index contributed by atoms with van der Waals surface area (Å²) in [5.41, 5.74) is 0. The molecule has 1 saturated carbocycles. The highest BCUT2D eigenvalue weighted by Crippen LogP contribution is 2.37. The van der Waals surface area contributed by atoms with E-state index in [1.165, 1.54) is 0 Å². The van der Waals surface area contributed by atoms with Crippen molar-refractivity contribution < 1.29 is 18.0 Å². The van der Waals surface area contributed by atoms with Gasteiger partial charge in [-0.3, -0.25) is 4.79 Å². The quantitative estimate of drug-likeness (QED) is 0.800. The van der Waals surface area contributed by atoms with Crippen LogP contribution in [0.1, 0.15) is 38.5 Å². The second-order valence-corrected chi connectivity index (χ2v) is 5.25. The Balaban J connectivity index is 1.75. The van der Waals surface area contributed by atoms with E-state index >= 15 is 0 Å². The second kappa shape index (κ2) is 5.47. The maximum atomic E-state index is 12.5. The minimum atomic E-state index is -4.08. The standard InChI is InChI=1S/C12H19F3N2O/c13-12(14,15)8-3-5-9(6-4-8)17-11(18)10-2-1-7-16-10/h8-10,16H,1-7H2,(H,17,18)/t8?,9?,10-/m0/s1. The van der Waals surface area contributed by atoms with Gasteiger partial charge in [-0.1, -0.05) is 0 Å². The van der Waals surface area contributed by atoms with Crippen LogP contribution in [0.3, 0.4) is 0 Å². The smallest absolute Gasteiger partial charge is 0.352 e. The highest BCUT2D eigenvalue weighted by atomic mass is 19.4. The van der Waals surface area contributed by atoms with E-state index < -0.39 is 12.1 Å². The number of amides is 1. The van der Waals surface area contributed by atoms with Crippen molar-refractivity contribution in [1.82, 2.24) is 10.6 Å². The zero-order chi connectivity index (χ0) is 13.2. The van der Waals surface area contributed by atoms with Gasteiger partial charge in [-0.05, 0) is 45.1 Å². The van der Waals surface area contributed by atoms with Gasteiger partial charge >= 0.3 is 6.18 Å². The minimum absolute atomic E-state index is 0.0528. The van der Waals surface area contributed by atoms with Crippen LogP contribution in [0.4, 0.5) is 13.2 Å². The Hall–Kier alpha value is -0.780. The predicted molar refractivity (Wildman–Crippen MR) is 61.0 cm³/mol. The summed E-state index contributed by atoms with van der Waals surface area (Å²) in [4.78, 5) is 11.8. The van der Waals surface area contributed by atoms with Crippen molar-refractivity contribution in [1.29, 1.82) is 0 Å². The Labute approximate surface area is 104 Å². The van der Waals surface area contributed by atoms with Gasteiger partial charge in [0.1, 0.15) is 0 Å². The van der Waals surface area contributed by atoms with Crippen LogP contribution >= 0.6 is 0 Å². The van der Waals surface area contributed by atoms with E-state index in [4.69, 9.17) is 0 Å². The molecular weight excluding hydrogens is 245 g/mol. The molecule has 2 rings (SSSR count). The van der Waals surface area contributed by atoms with E-state index in [1.54, 1.807) is 0 Å². The van der Waals surface area contributed by atoms with Gasteiger partial charge in [0.2, 0.25) is 5.91 Å². The van der Waals surface area contributed by atoms with Gasteiger partial charge in [0.25, 0.3) is 0 Å². The SMILES string of the molecule is O=C(NC1CCC(C(F)(F)F)CC1)[C@@H]1CCCN1. The molecule has 1 atom stereocenters. The second-order valence-electron chi connectivity index (χ2n) is 5.25. The lowest BCUT2D eigenvalue weighted by Gasteiger charge is -2.30. The molecule has 2 fully saturated rings. The van der Waals surface area contributed by atoms with Crippen molar-refractivity contribution in [2.24, 2.45) is 5.92 Å². The molecule has 3 nitrogen and oxygen atoms in total. The lowest BCUT2D eigenvalue weighted by molar-refractivity contribution is -0.182. The summed E-state index contributed by atoms with van der Waals surface area (Å²) in [5.74, 6) is -1.24. The summed E-state index contributed by atoms with van der Waals surface area (Å²) in [5, 5.41) is 5.95. The fourth-order valence-electron chi connectivity index (χ4n) is 2.78. The van der Waals surface area contributed by atoms with Gasteiger partial charge < -0.3 is 10.6 Å². The van der Waals surface area contributed by atoms with Crippen molar-refractivity contribution in [3.63, 3.8) is 0 Å². The number of rotatable bonds is 2. The highest BCUT2D eigenvalue weighted by Gasteiger charge is 2.41. The van der Waals surface area contributed by atoms with Crippen molar-refractivity contribution in [2.75, 3.05) is 6.54 Å². The van der Waals surface area contributed by atoms with Crippen LogP contribution in [0, 0.1) is 5.92 Å². The molecule has 104 valence electrons. The third-order valence-electron chi connectivity index (χ3n) is 3.91. The number of halogens is 3. The summed E-state index contributed by atoms with van der Waals surface area (Å²) < 4.78 is 37.4. The van der Waals surface area contributed by atoms with Crippen LogP contribution in [0.15, 0.2) is 0 Å². The molecule has 0 radical (unpaired) electrons. The summed E-state index contributed by atoms with van der Waals surface area (Å²) in [6.07, 6.45) is -1.14. The molecule has 2 N–H and O–H groups in total. The maximum absolute atomic E-state index is 12.5. The van der Waals surface area contributed by atoms with Crippen molar-refractivity contribution >= 4 is 5.91 Å². The monoisotopic (exact) mass is 264 g/mol. The Bertz CT molecular complexity index is 292. The molecule has 0 aromatic heterocycles. The number of nitrogens with one attached hydrogen (secondary N) is 2. The number of hydrogen-bond donors (Lipinski definition) is 2. The number of carbonyl (C=O) groups excluding carboxylic acids is 1. The average Bonchev–Trinajstić information content (AvgIpc) is 2.82. The zero-order valence-electron chi connectivity index (χ0n) is 10.2. The fourth-order valence-corrected chi connectivity index (χ4v) is 2.78. The summed E-state index contributed by atoms with van der Waals surface area (Å²) in [6, 6.07) is -0.233. The van der Waals surface area contributed by atoms with Crippen molar-refractivity contribution in [2.45, 2.75) is 56.8 Å². The van der Waals surface area contributed by atoms with Gasteiger partial charge in [-0.2, -0.15) is 13.2 Å². The molecule has 1 heterocycles. The van der Waals surface area contributed by atoms with Gasteiger partial charge in [0.05, 0.1) is 12.0 Å². The zero-order valence-corrected chi connectivity index (χ0v) is 10.2. The summed E-state index contributed by atoms with van der Waals surface area (Å²) >= 11 is 0. The highest BCUT2D eigenvalue weighted by molar-refractivity contribution is 5.82. The Morgan fingerprint density at radius 1 is 1.11 bits per heavy atom. The number of alkyl halides is 3. The van der Waals surface area contributed by atoms with Crippen molar-refractivity contribution in [3.05, 3.63) is 0 Å². The molecular formula is C12H19F3N2O. The molecule has 0 spiro atoms. The molecule has 1 aliphatic carbocycles. The third-order valence-corrected chi connectivity index (χ3v) is 3.91. The lowest BCUT2D eigenvalue weighted by Crippen LogP contribution is -2.47. The Morgan fingerprint density at radius 3 is 2.28 bits per heavy atom. The first-order valence-electron chi connectivity index (χ1n) is 6.57. The van der Waals surface area contributed by atoms with Crippen LogP contribution in [-0.4, -0.2) is 30.7 Å². The van der Waals surface area contributed by atoms with E-state index in [0.29, 0.717) is 12.8 Å². The Morgan fingerprint density at radius 2 is 1.78 bits per heavy atom. The first kappa shape index (κ1) is 13.6. The van der Waals surface area contributed by atoms with E-state index in [2.05, 4.69) is 10.6 Å². The molecule has 0 bridgehead atoms. The molecule has 1 amide bonds. The van der Waals surface area contributed by atoms with E-state index in [1.807, 2.05) is 0 Å². The largest absolute Gasteiger partial charge is 0.391 e. The van der Waals surface area contributed by atoms with Gasteiger partial charge in [-0.15, -0.1) is 0 Å². The van der Waals surface area contributed by atoms with Gasteiger partial charge in [0.15, 0.2) is 0 Å². The molecule has 1 aliphatic heterocycles. The van der Waals surface area contributed by atoms with E-state index in [9.17, 15) is 18.0 Å². The topological polar surface area (TPSA) is 41.1 Å². The Kier molecular flexibility index (Phi) is 4.14. The van der Waals surface area contributed by atoms with Crippen molar-refractivity contribution in [3.8, 4) is 0 Å². The van der Waals surface area contributed by atoms with Gasteiger partial charge in [-0.25, -0.2) is 0 Å². The third kappa shape index (κ3) is 3.37. The van der Waals surface area contributed by atoms with E-state index in [-0.39, 0.29) is 30.8 Å². The maximum Gasteiger partial charge on any atom is 0.391 e. The normalized spacial score (nSPS) is 33.4. The van der Waals surface area contributed by atoms with Crippen LogP contribution in [0.5, 0.6) is 0 Å². The molecule has 6 heteroatoms. The summed E-state index contributed by atoms with van der Waals surface area (Å²) in [7, 11) is 0. The predicted octanol–water partition coefficient (Wildman–Crippen LogP) is 1.98. The average molecular weight is 264 g/mol.